The summed E-state index contributed by atoms with van der Waals surface area (Å²) in [6, 6.07) is 5.79. The van der Waals surface area contributed by atoms with Crippen molar-refractivity contribution in [1.82, 2.24) is 4.72 Å². The van der Waals surface area contributed by atoms with Crippen LogP contribution in [0.5, 0.6) is 0 Å². The molecule has 1 aromatic carbocycles. The molecular formula is C13H21FN2O2S. The number of hydrogen-bond donors (Lipinski definition) is 2. The minimum Gasteiger partial charge on any atom is -0.329 e. The quantitative estimate of drug-likeness (QED) is 0.797. The van der Waals surface area contributed by atoms with Crippen molar-refractivity contribution >= 4 is 10.0 Å². The summed E-state index contributed by atoms with van der Waals surface area (Å²) >= 11 is 0. The van der Waals surface area contributed by atoms with Crippen molar-refractivity contribution in [3.8, 4) is 0 Å². The van der Waals surface area contributed by atoms with Gasteiger partial charge in [0.1, 0.15) is 5.82 Å². The van der Waals surface area contributed by atoms with Gasteiger partial charge in [0.15, 0.2) is 0 Å². The SMILES string of the molecule is CCC(CN)S(=O)(=O)NC(C)Cc1ccc(F)cc1. The van der Waals surface area contributed by atoms with Crippen LogP contribution in [0.15, 0.2) is 24.3 Å². The van der Waals surface area contributed by atoms with E-state index in [4.69, 9.17) is 5.73 Å². The fourth-order valence-electron chi connectivity index (χ4n) is 1.91. The van der Waals surface area contributed by atoms with Gasteiger partial charge in [0, 0.05) is 12.6 Å². The average molecular weight is 288 g/mol. The Morgan fingerprint density at radius 2 is 1.89 bits per heavy atom. The summed E-state index contributed by atoms with van der Waals surface area (Å²) in [5.74, 6) is -0.300. The Bertz CT molecular complexity index is 484. The number of rotatable bonds is 7. The van der Waals surface area contributed by atoms with Crippen LogP contribution in [0.3, 0.4) is 0 Å². The maximum atomic E-state index is 12.8. The number of halogens is 1. The summed E-state index contributed by atoms with van der Waals surface area (Å²) in [4.78, 5) is 0. The fraction of sp³-hybridized carbons (Fsp3) is 0.538. The molecule has 0 aromatic heterocycles. The summed E-state index contributed by atoms with van der Waals surface area (Å²) in [6.45, 7) is 3.68. The Balaban J connectivity index is 2.64. The van der Waals surface area contributed by atoms with Gasteiger partial charge in [-0.2, -0.15) is 0 Å². The molecule has 0 bridgehead atoms. The Morgan fingerprint density at radius 3 is 2.37 bits per heavy atom. The first-order valence-electron chi connectivity index (χ1n) is 6.34. The van der Waals surface area contributed by atoms with E-state index < -0.39 is 15.3 Å². The molecule has 0 amide bonds. The summed E-state index contributed by atoms with van der Waals surface area (Å²) in [5.41, 5.74) is 6.34. The summed E-state index contributed by atoms with van der Waals surface area (Å²) in [5, 5.41) is -0.567. The second-order valence-corrected chi connectivity index (χ2v) is 6.65. The normalized spacial score (nSPS) is 15.2. The van der Waals surface area contributed by atoms with Crippen LogP contribution in [0.4, 0.5) is 4.39 Å². The lowest BCUT2D eigenvalue weighted by molar-refractivity contribution is 0.541. The first kappa shape index (κ1) is 16.1. The lowest BCUT2D eigenvalue weighted by atomic mass is 10.1. The van der Waals surface area contributed by atoms with Crippen LogP contribution in [0.25, 0.3) is 0 Å². The van der Waals surface area contributed by atoms with Crippen molar-refractivity contribution in [2.45, 2.75) is 38.0 Å². The lowest BCUT2D eigenvalue weighted by Crippen LogP contribution is -2.43. The zero-order valence-electron chi connectivity index (χ0n) is 11.3. The standard InChI is InChI=1S/C13H21FN2O2S/c1-3-13(9-15)19(17,18)16-10(2)8-11-4-6-12(14)7-5-11/h4-7,10,13,16H,3,8-9,15H2,1-2H3. The van der Waals surface area contributed by atoms with E-state index in [0.717, 1.165) is 5.56 Å². The topological polar surface area (TPSA) is 72.2 Å². The third-order valence-corrected chi connectivity index (χ3v) is 5.11. The highest BCUT2D eigenvalue weighted by Crippen LogP contribution is 2.08. The highest BCUT2D eigenvalue weighted by molar-refractivity contribution is 7.90. The molecule has 1 aromatic rings. The lowest BCUT2D eigenvalue weighted by Gasteiger charge is -2.19. The van der Waals surface area contributed by atoms with Crippen molar-refractivity contribution in [3.63, 3.8) is 0 Å². The van der Waals surface area contributed by atoms with E-state index in [1.165, 1.54) is 12.1 Å². The highest BCUT2D eigenvalue weighted by Gasteiger charge is 2.23. The molecule has 0 saturated heterocycles. The first-order chi connectivity index (χ1) is 8.89. The molecule has 0 aliphatic carbocycles. The van der Waals surface area contributed by atoms with E-state index in [0.29, 0.717) is 12.8 Å². The van der Waals surface area contributed by atoms with E-state index in [1.54, 1.807) is 26.0 Å². The van der Waals surface area contributed by atoms with Crippen molar-refractivity contribution in [2.75, 3.05) is 6.54 Å². The zero-order chi connectivity index (χ0) is 14.5. The molecule has 0 spiro atoms. The van der Waals surface area contributed by atoms with Gasteiger partial charge in [-0.15, -0.1) is 0 Å². The number of hydrogen-bond acceptors (Lipinski definition) is 3. The third-order valence-electron chi connectivity index (χ3n) is 2.98. The van der Waals surface area contributed by atoms with E-state index in [2.05, 4.69) is 4.72 Å². The molecule has 3 N–H and O–H groups in total. The van der Waals surface area contributed by atoms with Crippen LogP contribution in [-0.4, -0.2) is 26.3 Å². The minimum atomic E-state index is -3.40. The van der Waals surface area contributed by atoms with Gasteiger partial charge in [-0.3, -0.25) is 0 Å². The third kappa shape index (κ3) is 4.89. The molecule has 4 nitrogen and oxygen atoms in total. The molecule has 6 heteroatoms. The Labute approximate surface area is 114 Å². The van der Waals surface area contributed by atoms with E-state index in [1.807, 2.05) is 0 Å². The molecule has 0 fully saturated rings. The number of nitrogens with one attached hydrogen (secondary N) is 1. The summed E-state index contributed by atoms with van der Waals surface area (Å²) in [6.07, 6.45) is 0.996. The Hall–Kier alpha value is -0.980. The van der Waals surface area contributed by atoms with Crippen LogP contribution in [0, 0.1) is 5.82 Å². The molecule has 2 atom stereocenters. The Kier molecular flexibility index (Phi) is 5.90. The predicted molar refractivity (Wildman–Crippen MR) is 74.8 cm³/mol. The second kappa shape index (κ2) is 6.98. The van der Waals surface area contributed by atoms with Gasteiger partial charge < -0.3 is 5.73 Å². The van der Waals surface area contributed by atoms with Crippen LogP contribution >= 0.6 is 0 Å². The maximum absolute atomic E-state index is 12.8. The molecule has 0 aliphatic rings. The van der Waals surface area contributed by atoms with Gasteiger partial charge in [0.2, 0.25) is 10.0 Å². The van der Waals surface area contributed by atoms with Crippen molar-refractivity contribution in [2.24, 2.45) is 5.73 Å². The van der Waals surface area contributed by atoms with E-state index in [-0.39, 0.29) is 18.4 Å². The first-order valence-corrected chi connectivity index (χ1v) is 7.89. The maximum Gasteiger partial charge on any atom is 0.215 e. The second-order valence-electron chi connectivity index (χ2n) is 4.66. The zero-order valence-corrected chi connectivity index (χ0v) is 12.1. The monoisotopic (exact) mass is 288 g/mol. The van der Waals surface area contributed by atoms with E-state index in [9.17, 15) is 12.8 Å². The van der Waals surface area contributed by atoms with Crippen molar-refractivity contribution < 1.29 is 12.8 Å². The van der Waals surface area contributed by atoms with E-state index >= 15 is 0 Å². The molecular weight excluding hydrogens is 267 g/mol. The minimum absolute atomic E-state index is 0.106. The van der Waals surface area contributed by atoms with Crippen LogP contribution in [0.1, 0.15) is 25.8 Å². The van der Waals surface area contributed by atoms with Crippen LogP contribution < -0.4 is 10.5 Å². The van der Waals surface area contributed by atoms with Gasteiger partial charge in [-0.1, -0.05) is 19.1 Å². The molecule has 0 radical (unpaired) electrons. The Morgan fingerprint density at radius 1 is 1.32 bits per heavy atom. The van der Waals surface area contributed by atoms with Crippen molar-refractivity contribution in [1.29, 1.82) is 0 Å². The average Bonchev–Trinajstić information content (AvgIpc) is 2.32. The van der Waals surface area contributed by atoms with Gasteiger partial charge in [0.05, 0.1) is 5.25 Å². The largest absolute Gasteiger partial charge is 0.329 e. The number of nitrogens with two attached hydrogens (primary N) is 1. The molecule has 108 valence electrons. The molecule has 1 rings (SSSR count). The number of sulfonamides is 1. The predicted octanol–water partition coefficient (Wildman–Crippen LogP) is 1.41. The molecule has 0 aliphatic heterocycles. The molecule has 0 heterocycles. The van der Waals surface area contributed by atoms with Crippen LogP contribution in [-0.2, 0) is 16.4 Å². The highest BCUT2D eigenvalue weighted by atomic mass is 32.2. The fourth-order valence-corrected chi connectivity index (χ4v) is 3.43. The van der Waals surface area contributed by atoms with Gasteiger partial charge >= 0.3 is 0 Å². The molecule has 2 unspecified atom stereocenters. The van der Waals surface area contributed by atoms with Gasteiger partial charge in [-0.05, 0) is 37.5 Å². The van der Waals surface area contributed by atoms with Gasteiger partial charge in [-0.25, -0.2) is 17.5 Å². The molecule has 19 heavy (non-hydrogen) atoms. The van der Waals surface area contributed by atoms with Gasteiger partial charge in [0.25, 0.3) is 0 Å². The molecule has 0 saturated carbocycles. The summed E-state index contributed by atoms with van der Waals surface area (Å²) < 4.78 is 39.4. The van der Waals surface area contributed by atoms with Crippen LogP contribution in [0.2, 0.25) is 0 Å². The summed E-state index contributed by atoms with van der Waals surface area (Å²) in [7, 11) is -3.40. The number of benzene rings is 1. The van der Waals surface area contributed by atoms with Crippen molar-refractivity contribution in [3.05, 3.63) is 35.6 Å². The smallest absolute Gasteiger partial charge is 0.215 e.